The normalized spacial score (nSPS) is 10.9. The van der Waals surface area contributed by atoms with Gasteiger partial charge < -0.3 is 19.7 Å². The maximum atomic E-state index is 5.61. The molecule has 1 N–H and O–H groups in total. The Morgan fingerprint density at radius 2 is 1.95 bits per heavy atom. The van der Waals surface area contributed by atoms with Crippen molar-refractivity contribution in [2.24, 2.45) is 0 Å². The summed E-state index contributed by atoms with van der Waals surface area (Å²) in [6.07, 6.45) is 0. The number of hydrogen-bond donors (Lipinski definition) is 1. The van der Waals surface area contributed by atoms with Crippen LogP contribution in [0.1, 0.15) is 0 Å². The molecule has 0 fully saturated rings. The van der Waals surface area contributed by atoms with E-state index >= 15 is 0 Å². The molecular formula is C14H23BrN2O2. The molecule has 0 radical (unpaired) electrons. The summed E-state index contributed by atoms with van der Waals surface area (Å²) in [5.74, 6) is 0.887. The van der Waals surface area contributed by atoms with E-state index in [0.29, 0.717) is 6.61 Å². The Hall–Kier alpha value is -0.620. The number of rotatable bonds is 10. The zero-order chi connectivity index (χ0) is 13.9. The molecule has 0 aliphatic heterocycles. The summed E-state index contributed by atoms with van der Waals surface area (Å²) in [4.78, 5) is 2.11. The van der Waals surface area contributed by atoms with Crippen molar-refractivity contribution >= 4 is 15.9 Å². The second kappa shape index (κ2) is 10.2. The van der Waals surface area contributed by atoms with Crippen LogP contribution in [0, 0.1) is 0 Å². The summed E-state index contributed by atoms with van der Waals surface area (Å²) in [7, 11) is 4.09. The standard InChI is InChI=1S/C14H23BrN2O2/c1-17(2)8-11-18-9-6-16-7-10-19-14-5-3-4-13(15)12-14/h3-5,12,16H,6-11H2,1-2H3. The molecule has 0 spiro atoms. The third-order valence-electron chi connectivity index (χ3n) is 2.45. The highest BCUT2D eigenvalue weighted by Crippen LogP contribution is 2.17. The number of hydrogen-bond acceptors (Lipinski definition) is 4. The van der Waals surface area contributed by atoms with Gasteiger partial charge in [0.2, 0.25) is 0 Å². The monoisotopic (exact) mass is 330 g/mol. The van der Waals surface area contributed by atoms with E-state index in [1.807, 2.05) is 38.4 Å². The average molecular weight is 331 g/mol. The van der Waals surface area contributed by atoms with E-state index in [-0.39, 0.29) is 0 Å². The molecular weight excluding hydrogens is 308 g/mol. The summed E-state index contributed by atoms with van der Waals surface area (Å²) in [5.41, 5.74) is 0. The minimum Gasteiger partial charge on any atom is -0.492 e. The first-order valence-electron chi connectivity index (χ1n) is 6.50. The Balaban J connectivity index is 1.91. The third-order valence-corrected chi connectivity index (χ3v) is 2.94. The Kier molecular flexibility index (Phi) is 8.82. The molecule has 0 saturated carbocycles. The zero-order valence-electron chi connectivity index (χ0n) is 11.7. The molecule has 1 aromatic carbocycles. The molecule has 1 rings (SSSR count). The predicted molar refractivity (Wildman–Crippen MR) is 81.9 cm³/mol. The number of ether oxygens (including phenoxy) is 2. The first-order chi connectivity index (χ1) is 9.18. The topological polar surface area (TPSA) is 33.7 Å². The summed E-state index contributed by atoms with van der Waals surface area (Å²) < 4.78 is 12.1. The van der Waals surface area contributed by atoms with Crippen molar-refractivity contribution < 1.29 is 9.47 Å². The van der Waals surface area contributed by atoms with Gasteiger partial charge >= 0.3 is 0 Å². The molecule has 0 atom stereocenters. The fourth-order valence-electron chi connectivity index (χ4n) is 1.42. The first kappa shape index (κ1) is 16.4. The van der Waals surface area contributed by atoms with Crippen LogP contribution in [0.15, 0.2) is 28.7 Å². The molecule has 0 amide bonds. The Bertz CT molecular complexity index is 348. The van der Waals surface area contributed by atoms with E-state index in [1.54, 1.807) is 0 Å². The van der Waals surface area contributed by atoms with Gasteiger partial charge in [-0.15, -0.1) is 0 Å². The van der Waals surface area contributed by atoms with Gasteiger partial charge in [0, 0.05) is 24.1 Å². The number of halogens is 1. The lowest BCUT2D eigenvalue weighted by atomic mass is 10.3. The van der Waals surface area contributed by atoms with Crippen molar-refractivity contribution in [1.82, 2.24) is 10.2 Å². The van der Waals surface area contributed by atoms with Crippen molar-refractivity contribution in [3.63, 3.8) is 0 Å². The van der Waals surface area contributed by atoms with Gasteiger partial charge in [-0.2, -0.15) is 0 Å². The van der Waals surface area contributed by atoms with Crippen LogP contribution in [0.25, 0.3) is 0 Å². The lowest BCUT2D eigenvalue weighted by Gasteiger charge is -2.10. The molecule has 0 aromatic heterocycles. The third kappa shape index (κ3) is 8.99. The van der Waals surface area contributed by atoms with E-state index in [2.05, 4.69) is 26.1 Å². The number of nitrogens with zero attached hydrogens (tertiary/aromatic N) is 1. The van der Waals surface area contributed by atoms with Crippen molar-refractivity contribution in [3.05, 3.63) is 28.7 Å². The van der Waals surface area contributed by atoms with Crippen LogP contribution in [-0.2, 0) is 4.74 Å². The van der Waals surface area contributed by atoms with Gasteiger partial charge in [-0.3, -0.25) is 0 Å². The Morgan fingerprint density at radius 3 is 2.68 bits per heavy atom. The lowest BCUT2D eigenvalue weighted by molar-refractivity contribution is 0.118. The lowest BCUT2D eigenvalue weighted by Crippen LogP contribution is -2.26. The van der Waals surface area contributed by atoms with Crippen LogP contribution in [0.2, 0.25) is 0 Å². The Morgan fingerprint density at radius 1 is 1.16 bits per heavy atom. The summed E-state index contributed by atoms with van der Waals surface area (Å²) >= 11 is 3.41. The zero-order valence-corrected chi connectivity index (χ0v) is 13.3. The van der Waals surface area contributed by atoms with E-state index in [4.69, 9.17) is 9.47 Å². The van der Waals surface area contributed by atoms with Crippen molar-refractivity contribution in [2.75, 3.05) is 53.6 Å². The van der Waals surface area contributed by atoms with E-state index < -0.39 is 0 Å². The second-order valence-corrected chi connectivity index (χ2v) is 5.39. The van der Waals surface area contributed by atoms with Crippen LogP contribution >= 0.6 is 15.9 Å². The van der Waals surface area contributed by atoms with Gasteiger partial charge in [-0.1, -0.05) is 22.0 Å². The SMILES string of the molecule is CN(C)CCOCCNCCOc1cccc(Br)c1. The van der Waals surface area contributed by atoms with Crippen LogP contribution in [0.3, 0.4) is 0 Å². The number of benzene rings is 1. The molecule has 1 aromatic rings. The summed E-state index contributed by atoms with van der Waals surface area (Å²) in [6.45, 7) is 4.83. The fourth-order valence-corrected chi connectivity index (χ4v) is 1.79. The molecule has 0 saturated heterocycles. The van der Waals surface area contributed by atoms with Gasteiger partial charge in [0.1, 0.15) is 12.4 Å². The molecule has 0 heterocycles. The summed E-state index contributed by atoms with van der Waals surface area (Å²) in [5, 5.41) is 3.28. The van der Waals surface area contributed by atoms with Crippen LogP contribution in [-0.4, -0.2) is 58.5 Å². The minimum absolute atomic E-state index is 0.661. The number of likely N-dealkylation sites (N-methyl/N-ethyl adjacent to an activating group) is 1. The van der Waals surface area contributed by atoms with Crippen LogP contribution in [0.5, 0.6) is 5.75 Å². The Labute approximate surface area is 124 Å². The van der Waals surface area contributed by atoms with E-state index in [1.165, 1.54) is 0 Å². The van der Waals surface area contributed by atoms with Gasteiger partial charge in [0.25, 0.3) is 0 Å². The van der Waals surface area contributed by atoms with Crippen molar-refractivity contribution in [2.45, 2.75) is 0 Å². The molecule has 0 aliphatic rings. The maximum absolute atomic E-state index is 5.61. The molecule has 19 heavy (non-hydrogen) atoms. The molecule has 5 heteroatoms. The van der Waals surface area contributed by atoms with E-state index in [0.717, 1.165) is 43.1 Å². The maximum Gasteiger partial charge on any atom is 0.120 e. The first-order valence-corrected chi connectivity index (χ1v) is 7.29. The molecule has 0 aliphatic carbocycles. The van der Waals surface area contributed by atoms with Gasteiger partial charge in [-0.05, 0) is 32.3 Å². The van der Waals surface area contributed by atoms with Crippen LogP contribution < -0.4 is 10.1 Å². The van der Waals surface area contributed by atoms with Crippen LogP contribution in [0.4, 0.5) is 0 Å². The average Bonchev–Trinajstić information content (AvgIpc) is 2.36. The molecule has 108 valence electrons. The van der Waals surface area contributed by atoms with Crippen molar-refractivity contribution in [1.29, 1.82) is 0 Å². The van der Waals surface area contributed by atoms with Gasteiger partial charge in [0.05, 0.1) is 13.2 Å². The van der Waals surface area contributed by atoms with Crippen molar-refractivity contribution in [3.8, 4) is 5.75 Å². The predicted octanol–water partition coefficient (Wildman–Crippen LogP) is 2.00. The van der Waals surface area contributed by atoms with Gasteiger partial charge in [0.15, 0.2) is 0 Å². The van der Waals surface area contributed by atoms with E-state index in [9.17, 15) is 0 Å². The van der Waals surface area contributed by atoms with Gasteiger partial charge in [-0.25, -0.2) is 0 Å². The second-order valence-electron chi connectivity index (χ2n) is 4.47. The highest BCUT2D eigenvalue weighted by molar-refractivity contribution is 9.10. The molecule has 0 unspecified atom stereocenters. The highest BCUT2D eigenvalue weighted by Gasteiger charge is 1.95. The number of nitrogens with one attached hydrogen (secondary N) is 1. The largest absolute Gasteiger partial charge is 0.492 e. The highest BCUT2D eigenvalue weighted by atomic mass is 79.9. The minimum atomic E-state index is 0.661. The molecule has 4 nitrogen and oxygen atoms in total. The smallest absolute Gasteiger partial charge is 0.120 e. The quantitative estimate of drug-likeness (QED) is 0.665. The fraction of sp³-hybridized carbons (Fsp3) is 0.571. The summed E-state index contributed by atoms with van der Waals surface area (Å²) in [6, 6.07) is 7.86. The molecule has 0 bridgehead atoms.